The first-order valence-electron chi connectivity index (χ1n) is 11.3. The normalized spacial score (nSPS) is 14.5. The van der Waals surface area contributed by atoms with Gasteiger partial charge in [-0.15, -0.1) is 10.2 Å². The van der Waals surface area contributed by atoms with Crippen molar-refractivity contribution in [3.8, 4) is 11.3 Å². The third-order valence-corrected chi connectivity index (χ3v) is 5.60. The van der Waals surface area contributed by atoms with Gasteiger partial charge in [0.1, 0.15) is 17.5 Å². The molecule has 2 aromatic heterocycles. The first-order chi connectivity index (χ1) is 17.1. The maximum Gasteiger partial charge on any atom is 0.251 e. The molecule has 2 heterocycles. The molecule has 0 spiro atoms. The van der Waals surface area contributed by atoms with Crippen molar-refractivity contribution in [2.45, 2.75) is 38.0 Å². The highest BCUT2D eigenvalue weighted by Crippen LogP contribution is 2.31. The molecule has 192 valence electrons. The van der Waals surface area contributed by atoms with E-state index in [9.17, 15) is 23.1 Å². The van der Waals surface area contributed by atoms with Crippen LogP contribution in [0.15, 0.2) is 48.7 Å². The lowest BCUT2D eigenvalue weighted by atomic mass is 9.81. The summed E-state index contributed by atoms with van der Waals surface area (Å²) in [5.74, 6) is -1.40. The molecule has 4 N–H and O–H groups in total. The van der Waals surface area contributed by atoms with Crippen LogP contribution in [-0.4, -0.2) is 63.3 Å². The number of nitrogens with one attached hydrogen (secondary N) is 2. The van der Waals surface area contributed by atoms with Crippen molar-refractivity contribution in [1.82, 2.24) is 20.5 Å². The van der Waals surface area contributed by atoms with Crippen LogP contribution in [0.25, 0.3) is 11.3 Å². The van der Waals surface area contributed by atoms with E-state index in [1.165, 1.54) is 43.5 Å². The largest absolute Gasteiger partial charge is 0.394 e. The van der Waals surface area contributed by atoms with Crippen LogP contribution < -0.4 is 10.6 Å². The van der Waals surface area contributed by atoms with Gasteiger partial charge in [-0.25, -0.2) is 13.2 Å². The number of carbonyl (C=O) groups excluding carboxylic acids is 1. The molecule has 11 heteroatoms. The number of aliphatic hydroxyl groups excluding tert-OH is 2. The van der Waals surface area contributed by atoms with Crippen molar-refractivity contribution in [3.63, 3.8) is 0 Å². The van der Waals surface area contributed by atoms with E-state index in [1.807, 2.05) is 0 Å². The number of hydrogen-bond acceptors (Lipinski definition) is 7. The van der Waals surface area contributed by atoms with Crippen molar-refractivity contribution in [2.75, 3.05) is 25.0 Å². The summed E-state index contributed by atoms with van der Waals surface area (Å²) in [4.78, 5) is 16.4. The zero-order chi connectivity index (χ0) is 26.3. The smallest absolute Gasteiger partial charge is 0.251 e. The first kappa shape index (κ1) is 27.0. The van der Waals surface area contributed by atoms with Crippen molar-refractivity contribution < 1.29 is 28.2 Å². The molecule has 0 saturated carbocycles. The molecule has 0 radical (unpaired) electrons. The number of amides is 1. The van der Waals surface area contributed by atoms with E-state index in [0.717, 1.165) is 6.07 Å². The molecule has 0 unspecified atom stereocenters. The minimum Gasteiger partial charge on any atom is -0.394 e. The Kier molecular flexibility index (Phi) is 8.94. The number of benzene rings is 1. The van der Waals surface area contributed by atoms with Gasteiger partial charge in [0.25, 0.3) is 5.91 Å². The topological polar surface area (TPSA) is 120 Å². The third-order valence-electron chi connectivity index (χ3n) is 5.60. The predicted molar refractivity (Wildman–Crippen MR) is 128 cm³/mol. The van der Waals surface area contributed by atoms with Crippen molar-refractivity contribution in [1.29, 1.82) is 0 Å². The number of carbonyl (C=O) groups is 1. The van der Waals surface area contributed by atoms with Crippen LogP contribution in [0.3, 0.4) is 0 Å². The summed E-state index contributed by atoms with van der Waals surface area (Å²) in [6.45, 7) is 2.55. The molecule has 3 rings (SSSR count). The molecule has 0 saturated heterocycles. The molecule has 0 aliphatic heterocycles. The maximum absolute atomic E-state index is 14.5. The molecule has 0 bridgehead atoms. The predicted octanol–water partition coefficient (Wildman–Crippen LogP) is 3.02. The Morgan fingerprint density at radius 3 is 2.56 bits per heavy atom. The number of hydrogen-bond donors (Lipinski definition) is 4. The number of anilines is 1. The third kappa shape index (κ3) is 6.76. The van der Waals surface area contributed by atoms with Crippen molar-refractivity contribution >= 4 is 11.7 Å². The minimum absolute atomic E-state index is 0.0227. The van der Waals surface area contributed by atoms with E-state index in [0.29, 0.717) is 5.82 Å². The van der Waals surface area contributed by atoms with E-state index >= 15 is 0 Å². The average molecular weight is 504 g/mol. The maximum atomic E-state index is 14.5. The average Bonchev–Trinajstić information content (AvgIpc) is 2.86. The van der Waals surface area contributed by atoms with E-state index in [-0.39, 0.29) is 42.0 Å². The van der Waals surface area contributed by atoms with Gasteiger partial charge in [0.15, 0.2) is 0 Å². The number of halogens is 3. The fraction of sp³-hybridized carbons (Fsp3) is 0.360. The van der Waals surface area contributed by atoms with Crippen molar-refractivity contribution in [2.24, 2.45) is 0 Å². The summed E-state index contributed by atoms with van der Waals surface area (Å²) in [5.41, 5.74) is -0.503. The number of aromatic nitrogens is 3. The van der Waals surface area contributed by atoms with E-state index in [2.05, 4.69) is 25.8 Å². The molecular formula is C25H28F3N5O3. The monoisotopic (exact) mass is 503 g/mol. The van der Waals surface area contributed by atoms with E-state index < -0.39 is 41.8 Å². The lowest BCUT2D eigenvalue weighted by molar-refractivity contribution is 0.0802. The number of alkyl halides is 1. The number of rotatable bonds is 11. The summed E-state index contributed by atoms with van der Waals surface area (Å²) in [6.07, 6.45) is -0.837. The number of nitrogens with zero attached hydrogens (tertiary/aromatic N) is 3. The Balaban J connectivity index is 1.75. The summed E-state index contributed by atoms with van der Waals surface area (Å²) in [7, 11) is 0. The van der Waals surface area contributed by atoms with Gasteiger partial charge < -0.3 is 20.8 Å². The minimum atomic E-state index is -1.20. The second kappa shape index (κ2) is 11.9. The Morgan fingerprint density at radius 2 is 1.92 bits per heavy atom. The van der Waals surface area contributed by atoms with Gasteiger partial charge in [-0.3, -0.25) is 9.78 Å². The molecule has 3 aromatic rings. The number of aliphatic hydroxyl groups is 2. The van der Waals surface area contributed by atoms with Crippen LogP contribution in [0, 0.1) is 11.6 Å². The molecule has 1 aromatic carbocycles. The van der Waals surface area contributed by atoms with Crippen LogP contribution in [0.4, 0.5) is 19.0 Å². The van der Waals surface area contributed by atoms with Crippen molar-refractivity contribution in [3.05, 3.63) is 71.6 Å². The first-order valence-corrected chi connectivity index (χ1v) is 11.3. The van der Waals surface area contributed by atoms with Crippen LogP contribution in [0.5, 0.6) is 0 Å². The summed E-state index contributed by atoms with van der Waals surface area (Å²) in [5, 5.41) is 31.8. The lowest BCUT2D eigenvalue weighted by Crippen LogP contribution is -2.35. The van der Waals surface area contributed by atoms with E-state index in [1.54, 1.807) is 13.0 Å². The molecule has 0 fully saturated rings. The van der Waals surface area contributed by atoms with Crippen LogP contribution in [0.1, 0.15) is 36.3 Å². The highest BCUT2D eigenvalue weighted by atomic mass is 19.1. The molecular weight excluding hydrogens is 475 g/mol. The molecule has 0 aliphatic carbocycles. The standard InChI is InChI=1S/C25H28F3N5O3/c1-15(26)11-25(2,23-20(28)4-3-9-29-23)14-31-22-8-7-21(32-33-22)18-10-16(5-6-19(18)27)24(36)30-12-17(35)13-34/h3-10,15,17,34-35H,11-14H2,1-2H3,(H,30,36)(H,31,33)/t15-,17-,25-/m0/s1. The SMILES string of the molecule is C[C@H](F)C[C@@](C)(CNc1ccc(-c2cc(C(=O)NC[C@H](O)CO)ccc2F)nn1)c1ncccc1F. The van der Waals surface area contributed by atoms with Gasteiger partial charge in [0.2, 0.25) is 0 Å². The summed E-state index contributed by atoms with van der Waals surface area (Å²) in [6, 6.07) is 9.48. The lowest BCUT2D eigenvalue weighted by Gasteiger charge is -2.30. The Bertz CT molecular complexity index is 1180. The van der Waals surface area contributed by atoms with Gasteiger partial charge in [-0.1, -0.05) is 6.92 Å². The van der Waals surface area contributed by atoms with Gasteiger partial charge in [-0.2, -0.15) is 0 Å². The van der Waals surface area contributed by atoms with Gasteiger partial charge in [0, 0.05) is 35.8 Å². The Labute approximate surface area is 206 Å². The molecule has 8 nitrogen and oxygen atoms in total. The Hall–Kier alpha value is -3.57. The highest BCUT2D eigenvalue weighted by molar-refractivity contribution is 5.95. The van der Waals surface area contributed by atoms with Crippen LogP contribution in [0.2, 0.25) is 0 Å². The zero-order valence-electron chi connectivity index (χ0n) is 19.9. The summed E-state index contributed by atoms with van der Waals surface area (Å²) < 4.78 is 42.8. The van der Waals surface area contributed by atoms with Gasteiger partial charge >= 0.3 is 0 Å². The second-order valence-electron chi connectivity index (χ2n) is 8.78. The summed E-state index contributed by atoms with van der Waals surface area (Å²) >= 11 is 0. The van der Waals surface area contributed by atoms with E-state index in [4.69, 9.17) is 5.11 Å². The Morgan fingerprint density at radius 1 is 1.14 bits per heavy atom. The fourth-order valence-electron chi connectivity index (χ4n) is 3.80. The van der Waals surface area contributed by atoms with Gasteiger partial charge in [-0.05, 0) is 55.8 Å². The quantitative estimate of drug-likeness (QED) is 0.318. The zero-order valence-corrected chi connectivity index (χ0v) is 19.9. The molecule has 3 atom stereocenters. The second-order valence-corrected chi connectivity index (χ2v) is 8.78. The van der Waals surface area contributed by atoms with Gasteiger partial charge in [0.05, 0.1) is 30.3 Å². The van der Waals surface area contributed by atoms with Crippen LogP contribution >= 0.6 is 0 Å². The molecule has 36 heavy (non-hydrogen) atoms. The van der Waals surface area contributed by atoms with Crippen LogP contribution in [-0.2, 0) is 5.41 Å². The molecule has 0 aliphatic rings. The molecule has 1 amide bonds. The number of pyridine rings is 1. The highest BCUT2D eigenvalue weighted by Gasteiger charge is 2.33. The fourth-order valence-corrected chi connectivity index (χ4v) is 3.80.